The third-order valence-corrected chi connectivity index (χ3v) is 5.55. The number of rotatable bonds is 4. The van der Waals surface area contributed by atoms with Gasteiger partial charge in [0.2, 0.25) is 0 Å². The molecule has 30 heavy (non-hydrogen) atoms. The number of piperazine rings is 1. The van der Waals surface area contributed by atoms with Crippen molar-refractivity contribution in [2.45, 2.75) is 19.8 Å². The van der Waals surface area contributed by atoms with Crippen LogP contribution < -0.4 is 9.80 Å². The van der Waals surface area contributed by atoms with Crippen LogP contribution in [0.2, 0.25) is 0 Å². The van der Waals surface area contributed by atoms with Gasteiger partial charge in [0.1, 0.15) is 5.82 Å². The number of hydrogen-bond acceptors (Lipinski definition) is 6. The topological polar surface area (TPSA) is 62.5 Å². The van der Waals surface area contributed by atoms with Gasteiger partial charge in [-0.05, 0) is 30.2 Å². The molecule has 1 aliphatic heterocycles. The summed E-state index contributed by atoms with van der Waals surface area (Å²) in [6.45, 7) is 8.11. The van der Waals surface area contributed by atoms with Gasteiger partial charge in [-0.1, -0.05) is 32.0 Å². The highest BCUT2D eigenvalue weighted by Gasteiger charge is 2.22. The fraction of sp³-hybridized carbons (Fsp3) is 0.304. The van der Waals surface area contributed by atoms with Gasteiger partial charge >= 0.3 is 0 Å². The molecule has 152 valence electrons. The minimum Gasteiger partial charge on any atom is -0.368 e. The zero-order valence-electron chi connectivity index (χ0n) is 17.3. The molecule has 4 aromatic rings. The number of hydrogen-bond donors (Lipinski definition) is 0. The molecule has 0 N–H and O–H groups in total. The van der Waals surface area contributed by atoms with Crippen LogP contribution in [0.5, 0.6) is 0 Å². The number of fused-ring (bicyclic) bond motifs is 1. The molecule has 0 aliphatic carbocycles. The van der Waals surface area contributed by atoms with Crippen molar-refractivity contribution in [2.75, 3.05) is 36.0 Å². The SMILES string of the molecule is CC(C)c1cc(N2CCN(c3ccccc3)CC2)n2nc(-c3cccnc3)nc2n1. The van der Waals surface area contributed by atoms with E-state index in [1.54, 1.807) is 12.4 Å². The van der Waals surface area contributed by atoms with E-state index in [1.807, 2.05) is 16.6 Å². The zero-order valence-corrected chi connectivity index (χ0v) is 17.3. The highest BCUT2D eigenvalue weighted by molar-refractivity contribution is 5.58. The number of nitrogens with zero attached hydrogens (tertiary/aromatic N) is 7. The van der Waals surface area contributed by atoms with E-state index in [4.69, 9.17) is 15.1 Å². The molecular formula is C23H25N7. The monoisotopic (exact) mass is 399 g/mol. The lowest BCUT2D eigenvalue weighted by molar-refractivity contribution is 0.637. The van der Waals surface area contributed by atoms with Crippen LogP contribution in [0.4, 0.5) is 11.5 Å². The van der Waals surface area contributed by atoms with Gasteiger partial charge in [-0.15, -0.1) is 5.10 Å². The normalized spacial score (nSPS) is 14.6. The summed E-state index contributed by atoms with van der Waals surface area (Å²) in [5.74, 6) is 2.66. The summed E-state index contributed by atoms with van der Waals surface area (Å²) in [6, 6.07) is 16.6. The van der Waals surface area contributed by atoms with Crippen LogP contribution in [-0.4, -0.2) is 50.7 Å². The van der Waals surface area contributed by atoms with Crippen molar-refractivity contribution in [3.05, 3.63) is 66.6 Å². The fourth-order valence-electron chi connectivity index (χ4n) is 3.84. The van der Waals surface area contributed by atoms with E-state index >= 15 is 0 Å². The van der Waals surface area contributed by atoms with Gasteiger partial charge in [-0.3, -0.25) is 4.98 Å². The molecule has 1 saturated heterocycles. The predicted octanol–water partition coefficient (Wildman–Crippen LogP) is 3.64. The first kappa shape index (κ1) is 18.5. The summed E-state index contributed by atoms with van der Waals surface area (Å²) in [6.07, 6.45) is 3.54. The first-order valence-electron chi connectivity index (χ1n) is 10.4. The molecular weight excluding hydrogens is 374 g/mol. The van der Waals surface area contributed by atoms with Gasteiger partial charge in [0.15, 0.2) is 5.82 Å². The summed E-state index contributed by atoms with van der Waals surface area (Å²) in [5, 5.41) is 4.78. The number of anilines is 2. The molecule has 7 heteroatoms. The van der Waals surface area contributed by atoms with Crippen LogP contribution in [0.1, 0.15) is 25.5 Å². The van der Waals surface area contributed by atoms with E-state index in [2.05, 4.69) is 65.0 Å². The molecule has 1 aliphatic rings. The Kier molecular flexibility index (Phi) is 4.78. The zero-order chi connectivity index (χ0) is 20.5. The maximum Gasteiger partial charge on any atom is 0.254 e. The molecule has 0 spiro atoms. The average molecular weight is 400 g/mol. The van der Waals surface area contributed by atoms with E-state index in [-0.39, 0.29) is 0 Å². The van der Waals surface area contributed by atoms with Crippen LogP contribution in [0.15, 0.2) is 60.9 Å². The Morgan fingerprint density at radius 3 is 2.33 bits per heavy atom. The van der Waals surface area contributed by atoms with Gasteiger partial charge in [0.25, 0.3) is 5.78 Å². The van der Waals surface area contributed by atoms with E-state index in [9.17, 15) is 0 Å². The second-order valence-electron chi connectivity index (χ2n) is 7.89. The lowest BCUT2D eigenvalue weighted by Gasteiger charge is -2.37. The van der Waals surface area contributed by atoms with Crippen molar-refractivity contribution in [3.8, 4) is 11.4 Å². The lowest BCUT2D eigenvalue weighted by Crippen LogP contribution is -2.47. The molecule has 0 atom stereocenters. The lowest BCUT2D eigenvalue weighted by atomic mass is 10.1. The predicted molar refractivity (Wildman–Crippen MR) is 119 cm³/mol. The second kappa shape index (κ2) is 7.74. The first-order valence-corrected chi connectivity index (χ1v) is 10.4. The third-order valence-electron chi connectivity index (χ3n) is 5.55. The molecule has 3 aromatic heterocycles. The first-order chi connectivity index (χ1) is 14.7. The molecule has 7 nitrogen and oxygen atoms in total. The highest BCUT2D eigenvalue weighted by atomic mass is 15.4. The Morgan fingerprint density at radius 2 is 1.63 bits per heavy atom. The van der Waals surface area contributed by atoms with Crippen LogP contribution in [0.3, 0.4) is 0 Å². The number of benzene rings is 1. The molecule has 4 heterocycles. The number of para-hydroxylation sites is 1. The average Bonchev–Trinajstić information content (AvgIpc) is 3.24. The van der Waals surface area contributed by atoms with E-state index in [0.717, 1.165) is 43.3 Å². The minimum absolute atomic E-state index is 0.317. The molecule has 0 unspecified atom stereocenters. The molecule has 0 amide bonds. The van der Waals surface area contributed by atoms with Crippen molar-refractivity contribution in [1.29, 1.82) is 0 Å². The van der Waals surface area contributed by atoms with Crippen LogP contribution in [0.25, 0.3) is 17.2 Å². The van der Waals surface area contributed by atoms with Crippen molar-refractivity contribution >= 4 is 17.3 Å². The van der Waals surface area contributed by atoms with Gasteiger partial charge in [-0.2, -0.15) is 9.50 Å². The van der Waals surface area contributed by atoms with Crippen molar-refractivity contribution in [2.24, 2.45) is 0 Å². The van der Waals surface area contributed by atoms with E-state index in [1.165, 1.54) is 5.69 Å². The molecule has 1 fully saturated rings. The van der Waals surface area contributed by atoms with Crippen molar-refractivity contribution < 1.29 is 0 Å². The smallest absolute Gasteiger partial charge is 0.254 e. The minimum atomic E-state index is 0.317. The summed E-state index contributed by atoms with van der Waals surface area (Å²) in [5.41, 5.74) is 3.21. The molecule has 0 radical (unpaired) electrons. The Hall–Kier alpha value is -3.48. The molecule has 0 bridgehead atoms. The number of aromatic nitrogens is 5. The number of pyridine rings is 1. The van der Waals surface area contributed by atoms with E-state index in [0.29, 0.717) is 17.5 Å². The molecule has 1 aromatic carbocycles. The maximum absolute atomic E-state index is 4.78. The highest BCUT2D eigenvalue weighted by Crippen LogP contribution is 2.25. The van der Waals surface area contributed by atoms with Crippen LogP contribution in [-0.2, 0) is 0 Å². The van der Waals surface area contributed by atoms with Crippen LogP contribution >= 0.6 is 0 Å². The molecule has 5 rings (SSSR count). The Morgan fingerprint density at radius 1 is 0.867 bits per heavy atom. The maximum atomic E-state index is 4.78. The van der Waals surface area contributed by atoms with Gasteiger partial charge in [0.05, 0.1) is 5.69 Å². The summed E-state index contributed by atoms with van der Waals surface area (Å²) in [4.78, 5) is 18.5. The quantitative estimate of drug-likeness (QED) is 0.522. The standard InChI is InChI=1S/C23H25N7/c1-17(2)20-15-21(29-13-11-28(12-14-29)19-8-4-3-5-9-19)30-23(25-20)26-22(27-30)18-7-6-10-24-16-18/h3-10,15-17H,11-14H2,1-2H3. The summed E-state index contributed by atoms with van der Waals surface area (Å²) < 4.78 is 1.88. The van der Waals surface area contributed by atoms with Gasteiger partial charge < -0.3 is 9.80 Å². The summed E-state index contributed by atoms with van der Waals surface area (Å²) in [7, 11) is 0. The van der Waals surface area contributed by atoms with Crippen molar-refractivity contribution in [1.82, 2.24) is 24.6 Å². The fourth-order valence-corrected chi connectivity index (χ4v) is 3.84. The van der Waals surface area contributed by atoms with Crippen molar-refractivity contribution in [3.63, 3.8) is 0 Å². The van der Waals surface area contributed by atoms with E-state index < -0.39 is 0 Å². The largest absolute Gasteiger partial charge is 0.368 e. The Bertz CT molecular complexity index is 1130. The molecule has 0 saturated carbocycles. The van der Waals surface area contributed by atoms with Gasteiger partial charge in [-0.25, -0.2) is 4.98 Å². The Labute approximate surface area is 176 Å². The second-order valence-corrected chi connectivity index (χ2v) is 7.89. The Balaban J connectivity index is 1.49. The summed E-state index contributed by atoms with van der Waals surface area (Å²) >= 11 is 0. The van der Waals surface area contributed by atoms with Gasteiger partial charge in [0, 0.05) is 55.9 Å². The third kappa shape index (κ3) is 3.47. The van der Waals surface area contributed by atoms with Crippen LogP contribution in [0, 0.1) is 0 Å².